The number of nitro groups is 1. The summed E-state index contributed by atoms with van der Waals surface area (Å²) in [4.78, 5) is 37.2. The van der Waals surface area contributed by atoms with Gasteiger partial charge in [0, 0.05) is 24.7 Å². The number of carbonyl (C=O) groups excluding carboxylic acids is 2. The summed E-state index contributed by atoms with van der Waals surface area (Å²) in [5.41, 5.74) is 0.470. The van der Waals surface area contributed by atoms with Crippen LogP contribution in [0.15, 0.2) is 42.5 Å². The van der Waals surface area contributed by atoms with E-state index in [9.17, 15) is 19.7 Å². The molecular weight excluding hydrogens is 432 g/mol. The Bertz CT molecular complexity index is 1010. The zero-order chi connectivity index (χ0) is 21.7. The minimum Gasteiger partial charge on any atom is -0.378 e. The second-order valence-corrected chi connectivity index (χ2v) is 7.10. The van der Waals surface area contributed by atoms with Gasteiger partial charge in [-0.15, -0.1) is 0 Å². The van der Waals surface area contributed by atoms with Crippen LogP contribution in [0.5, 0.6) is 0 Å². The number of carbonyl (C=O) groups is 2. The van der Waals surface area contributed by atoms with E-state index in [4.69, 9.17) is 28.6 Å². The highest BCUT2D eigenvalue weighted by atomic mass is 35.5. The molecule has 0 aromatic heterocycles. The van der Waals surface area contributed by atoms with Crippen molar-refractivity contribution in [3.63, 3.8) is 0 Å². The number of benzene rings is 2. The quantitative estimate of drug-likeness (QED) is 0.420. The summed E-state index contributed by atoms with van der Waals surface area (Å²) in [6, 6.07) is 10.5. The Morgan fingerprint density at radius 1 is 1.17 bits per heavy atom. The first-order valence-corrected chi connectivity index (χ1v) is 9.68. The highest BCUT2D eigenvalue weighted by Crippen LogP contribution is 2.25. The van der Waals surface area contributed by atoms with Crippen LogP contribution in [-0.2, 0) is 4.74 Å². The van der Waals surface area contributed by atoms with Gasteiger partial charge in [0.25, 0.3) is 17.5 Å². The highest BCUT2D eigenvalue weighted by Gasteiger charge is 2.22. The van der Waals surface area contributed by atoms with Crippen LogP contribution >= 0.6 is 23.8 Å². The third kappa shape index (κ3) is 5.09. The van der Waals surface area contributed by atoms with Gasteiger partial charge in [0.15, 0.2) is 5.11 Å². The average Bonchev–Trinajstić information content (AvgIpc) is 2.74. The van der Waals surface area contributed by atoms with Gasteiger partial charge in [-0.2, -0.15) is 0 Å². The molecule has 1 aliphatic heterocycles. The summed E-state index contributed by atoms with van der Waals surface area (Å²) in [5, 5.41) is 16.2. The van der Waals surface area contributed by atoms with Crippen LogP contribution < -0.4 is 10.6 Å². The molecule has 1 saturated heterocycles. The summed E-state index contributed by atoms with van der Waals surface area (Å²) in [6.45, 7) is 1.93. The summed E-state index contributed by atoms with van der Waals surface area (Å²) >= 11 is 10.9. The molecule has 3 rings (SSSR count). The zero-order valence-electron chi connectivity index (χ0n) is 15.6. The van der Waals surface area contributed by atoms with Crippen molar-refractivity contribution >= 4 is 52.1 Å². The van der Waals surface area contributed by atoms with E-state index in [1.807, 2.05) is 0 Å². The van der Waals surface area contributed by atoms with Crippen LogP contribution in [0, 0.1) is 10.1 Å². The lowest BCUT2D eigenvalue weighted by Gasteiger charge is -2.27. The maximum Gasteiger partial charge on any atom is 0.288 e. The van der Waals surface area contributed by atoms with Crippen molar-refractivity contribution in [2.75, 3.05) is 31.6 Å². The third-order valence-corrected chi connectivity index (χ3v) is 4.86. The number of halogens is 1. The summed E-state index contributed by atoms with van der Waals surface area (Å²) in [6.07, 6.45) is 0. The van der Waals surface area contributed by atoms with Gasteiger partial charge in [0.05, 0.1) is 29.4 Å². The van der Waals surface area contributed by atoms with E-state index in [-0.39, 0.29) is 27.3 Å². The number of amides is 2. The van der Waals surface area contributed by atoms with E-state index >= 15 is 0 Å². The van der Waals surface area contributed by atoms with Crippen LogP contribution in [0.4, 0.5) is 11.4 Å². The van der Waals surface area contributed by atoms with E-state index < -0.39 is 10.8 Å². The molecule has 11 heteroatoms. The van der Waals surface area contributed by atoms with Crippen LogP contribution in [0.25, 0.3) is 0 Å². The molecule has 0 aliphatic carbocycles. The molecule has 0 unspecified atom stereocenters. The summed E-state index contributed by atoms with van der Waals surface area (Å²) in [5.74, 6) is -0.826. The monoisotopic (exact) mass is 448 g/mol. The maximum atomic E-state index is 12.8. The molecule has 2 N–H and O–H groups in total. The third-order valence-electron chi connectivity index (χ3n) is 4.34. The lowest BCUT2D eigenvalue weighted by atomic mass is 10.1. The lowest BCUT2D eigenvalue weighted by molar-refractivity contribution is -0.384. The van der Waals surface area contributed by atoms with Crippen molar-refractivity contribution < 1.29 is 19.2 Å². The number of nitrogens with one attached hydrogen (secondary N) is 2. The van der Waals surface area contributed by atoms with Crippen molar-refractivity contribution in [1.29, 1.82) is 0 Å². The number of rotatable bonds is 4. The van der Waals surface area contributed by atoms with Gasteiger partial charge in [-0.1, -0.05) is 23.7 Å². The molecule has 0 radical (unpaired) electrons. The van der Waals surface area contributed by atoms with E-state index in [1.165, 1.54) is 12.1 Å². The van der Waals surface area contributed by atoms with Crippen LogP contribution in [0.2, 0.25) is 5.02 Å². The standard InChI is InChI=1S/C19H17ClN4O5S/c20-14-6-5-12(11-16(14)24(27)28)17(25)22-19(30)21-15-4-2-1-3-13(15)18(26)23-7-9-29-10-8-23/h1-6,11H,7-10H2,(H2,21,22,25,30). The fourth-order valence-corrected chi connectivity index (χ4v) is 3.23. The second kappa shape index (κ2) is 9.61. The number of ether oxygens (including phenoxy) is 1. The van der Waals surface area contributed by atoms with E-state index in [0.29, 0.717) is 37.6 Å². The molecule has 0 saturated carbocycles. The molecule has 1 heterocycles. The Labute approximate surface area is 182 Å². The molecule has 2 amide bonds. The van der Waals surface area contributed by atoms with Crippen molar-refractivity contribution in [1.82, 2.24) is 10.2 Å². The fraction of sp³-hybridized carbons (Fsp3) is 0.211. The zero-order valence-corrected chi connectivity index (χ0v) is 17.2. The smallest absolute Gasteiger partial charge is 0.288 e. The predicted molar refractivity (Wildman–Crippen MR) is 115 cm³/mol. The first-order chi connectivity index (χ1) is 14.4. The fourth-order valence-electron chi connectivity index (χ4n) is 2.84. The number of thiocarbonyl (C=S) groups is 1. The van der Waals surface area contributed by atoms with Gasteiger partial charge in [-0.05, 0) is 36.5 Å². The van der Waals surface area contributed by atoms with Crippen molar-refractivity contribution in [2.45, 2.75) is 0 Å². The molecule has 1 aliphatic rings. The molecular formula is C19H17ClN4O5S. The Morgan fingerprint density at radius 3 is 2.57 bits per heavy atom. The van der Waals surface area contributed by atoms with Gasteiger partial charge in [-0.25, -0.2) is 0 Å². The van der Waals surface area contributed by atoms with Crippen molar-refractivity contribution in [3.05, 3.63) is 68.7 Å². The van der Waals surface area contributed by atoms with Crippen LogP contribution in [0.1, 0.15) is 20.7 Å². The van der Waals surface area contributed by atoms with Gasteiger partial charge in [0.1, 0.15) is 5.02 Å². The summed E-state index contributed by atoms with van der Waals surface area (Å²) < 4.78 is 5.27. The van der Waals surface area contributed by atoms with Gasteiger partial charge in [0.2, 0.25) is 0 Å². The molecule has 0 spiro atoms. The molecule has 0 bridgehead atoms. The largest absolute Gasteiger partial charge is 0.378 e. The van der Waals surface area contributed by atoms with E-state index in [2.05, 4.69) is 10.6 Å². The SMILES string of the molecule is O=C(NC(=S)Nc1ccccc1C(=O)N1CCOCC1)c1ccc(Cl)c([N+](=O)[O-])c1. The first kappa shape index (κ1) is 21.6. The molecule has 1 fully saturated rings. The van der Waals surface area contributed by atoms with Gasteiger partial charge in [-0.3, -0.25) is 25.0 Å². The molecule has 30 heavy (non-hydrogen) atoms. The first-order valence-electron chi connectivity index (χ1n) is 8.89. The number of anilines is 1. The normalized spacial score (nSPS) is 13.4. The van der Waals surface area contributed by atoms with Crippen LogP contribution in [0.3, 0.4) is 0 Å². The summed E-state index contributed by atoms with van der Waals surface area (Å²) in [7, 11) is 0. The topological polar surface area (TPSA) is 114 Å². The predicted octanol–water partition coefficient (Wildman–Crippen LogP) is 2.85. The number of nitrogens with zero attached hydrogens (tertiary/aromatic N) is 2. The van der Waals surface area contributed by atoms with Gasteiger partial charge >= 0.3 is 0 Å². The van der Waals surface area contributed by atoms with Crippen molar-refractivity contribution in [3.8, 4) is 0 Å². The number of hydrogen-bond acceptors (Lipinski definition) is 6. The molecule has 9 nitrogen and oxygen atoms in total. The molecule has 2 aromatic carbocycles. The Kier molecular flexibility index (Phi) is 6.93. The second-order valence-electron chi connectivity index (χ2n) is 6.28. The number of para-hydroxylation sites is 1. The highest BCUT2D eigenvalue weighted by molar-refractivity contribution is 7.80. The van der Waals surface area contributed by atoms with Crippen molar-refractivity contribution in [2.24, 2.45) is 0 Å². The lowest BCUT2D eigenvalue weighted by Crippen LogP contribution is -2.41. The maximum absolute atomic E-state index is 12.8. The molecule has 2 aromatic rings. The Hall–Kier alpha value is -3.08. The Balaban J connectivity index is 1.71. The number of hydrogen-bond donors (Lipinski definition) is 2. The van der Waals surface area contributed by atoms with E-state index in [0.717, 1.165) is 6.07 Å². The number of morpholine rings is 1. The molecule has 156 valence electrons. The van der Waals surface area contributed by atoms with Crippen LogP contribution in [-0.4, -0.2) is 53.1 Å². The van der Waals surface area contributed by atoms with E-state index in [1.54, 1.807) is 29.2 Å². The number of nitro benzene ring substituents is 1. The molecule has 0 atom stereocenters. The average molecular weight is 449 g/mol. The minimum atomic E-state index is -0.677. The van der Waals surface area contributed by atoms with Gasteiger partial charge < -0.3 is 15.0 Å². The Morgan fingerprint density at radius 2 is 1.87 bits per heavy atom. The minimum absolute atomic E-state index is 0.0212.